The summed E-state index contributed by atoms with van der Waals surface area (Å²) in [6.07, 6.45) is 2.83. The lowest BCUT2D eigenvalue weighted by atomic mass is 9.70. The molecule has 5 atom stereocenters. The fourth-order valence-corrected chi connectivity index (χ4v) is 5.84. The third-order valence-electron chi connectivity index (χ3n) is 7.32. The molecular weight excluding hydrogens is 424 g/mol. The van der Waals surface area contributed by atoms with Gasteiger partial charge in [0.25, 0.3) is 0 Å². The number of aryl methyl sites for hydroxylation is 2. The van der Waals surface area contributed by atoms with Crippen molar-refractivity contribution in [2.45, 2.75) is 70.6 Å². The van der Waals surface area contributed by atoms with Crippen molar-refractivity contribution in [3.8, 4) is 0 Å². The molecule has 3 fully saturated rings. The molecule has 1 spiro atoms. The summed E-state index contributed by atoms with van der Waals surface area (Å²) in [5.41, 5.74) is 1.65. The fraction of sp³-hybridized carbons (Fsp3) is 0.640. The number of amides is 2. The lowest BCUT2D eigenvalue weighted by Gasteiger charge is -2.33. The Morgan fingerprint density at radius 3 is 2.79 bits per heavy atom. The predicted octanol–water partition coefficient (Wildman–Crippen LogP) is 2.34. The van der Waals surface area contributed by atoms with E-state index in [0.717, 1.165) is 17.5 Å². The maximum atomic E-state index is 13.7. The molecule has 8 nitrogen and oxygen atoms in total. The van der Waals surface area contributed by atoms with E-state index in [-0.39, 0.29) is 25.0 Å². The third kappa shape index (κ3) is 4.04. The van der Waals surface area contributed by atoms with E-state index >= 15 is 0 Å². The first-order valence-corrected chi connectivity index (χ1v) is 12.0. The summed E-state index contributed by atoms with van der Waals surface area (Å²) < 4.78 is 11.6. The average Bonchev–Trinajstić information content (AvgIpc) is 3.41. The summed E-state index contributed by atoms with van der Waals surface area (Å²) in [4.78, 5) is 41.7. The number of aliphatic hydroxyl groups excluding tert-OH is 1. The van der Waals surface area contributed by atoms with Crippen molar-refractivity contribution >= 4 is 23.5 Å². The largest absolute Gasteiger partial charge is 0.466 e. The number of fused-ring (bicyclic) bond motifs is 1. The van der Waals surface area contributed by atoms with Gasteiger partial charge in [0.05, 0.1) is 24.5 Å². The SMILES string of the molecule is CCOC(=O)[C@@H]1[C@H]2C(=O)N(CCCCCO)C(C(=O)Nc3cc(C)ccc3C)C23CC[C@H]1O3. The molecule has 4 rings (SSSR count). The highest BCUT2D eigenvalue weighted by Crippen LogP contribution is 2.58. The van der Waals surface area contributed by atoms with E-state index in [1.54, 1.807) is 11.8 Å². The number of aliphatic hydroxyl groups is 1. The number of benzene rings is 1. The van der Waals surface area contributed by atoms with Crippen molar-refractivity contribution in [3.05, 3.63) is 29.3 Å². The summed E-state index contributed by atoms with van der Waals surface area (Å²) >= 11 is 0. The minimum absolute atomic E-state index is 0.0901. The lowest BCUT2D eigenvalue weighted by Crippen LogP contribution is -2.53. The maximum absolute atomic E-state index is 13.7. The van der Waals surface area contributed by atoms with E-state index in [9.17, 15) is 14.4 Å². The van der Waals surface area contributed by atoms with Crippen LogP contribution in [0, 0.1) is 25.7 Å². The quantitative estimate of drug-likeness (QED) is 0.435. The van der Waals surface area contributed by atoms with Gasteiger partial charge in [-0.25, -0.2) is 0 Å². The molecule has 2 amide bonds. The molecule has 0 saturated carbocycles. The zero-order chi connectivity index (χ0) is 23.8. The van der Waals surface area contributed by atoms with Crippen LogP contribution in [0.1, 0.15) is 50.2 Å². The second-order valence-electron chi connectivity index (χ2n) is 9.43. The van der Waals surface area contributed by atoms with Gasteiger partial charge in [-0.3, -0.25) is 14.4 Å². The number of esters is 1. The van der Waals surface area contributed by atoms with Gasteiger partial charge in [0.15, 0.2) is 0 Å². The van der Waals surface area contributed by atoms with Crippen LogP contribution in [0.4, 0.5) is 5.69 Å². The van der Waals surface area contributed by atoms with E-state index in [1.807, 2.05) is 32.0 Å². The van der Waals surface area contributed by atoms with Gasteiger partial charge in [0.2, 0.25) is 11.8 Å². The van der Waals surface area contributed by atoms with Gasteiger partial charge in [0.1, 0.15) is 11.6 Å². The first kappa shape index (κ1) is 23.7. The molecule has 0 aromatic heterocycles. The molecule has 1 aromatic rings. The van der Waals surface area contributed by atoms with Crippen molar-refractivity contribution in [2.24, 2.45) is 11.8 Å². The van der Waals surface area contributed by atoms with Crippen LogP contribution < -0.4 is 5.32 Å². The van der Waals surface area contributed by atoms with Gasteiger partial charge >= 0.3 is 5.97 Å². The molecule has 3 aliphatic heterocycles. The van der Waals surface area contributed by atoms with Crippen LogP contribution in [0.2, 0.25) is 0 Å². The number of nitrogens with one attached hydrogen (secondary N) is 1. The zero-order valence-electron chi connectivity index (χ0n) is 19.6. The number of hydrogen-bond donors (Lipinski definition) is 2. The minimum Gasteiger partial charge on any atom is -0.466 e. The van der Waals surface area contributed by atoms with Crippen LogP contribution in [0.25, 0.3) is 0 Å². The van der Waals surface area contributed by atoms with Crippen LogP contribution in [0.3, 0.4) is 0 Å². The normalized spacial score (nSPS) is 29.9. The Kier molecular flexibility index (Phi) is 6.77. The molecular formula is C25H34N2O6. The highest BCUT2D eigenvalue weighted by atomic mass is 16.6. The molecule has 0 radical (unpaired) electrons. The molecule has 3 aliphatic rings. The van der Waals surface area contributed by atoms with E-state index in [2.05, 4.69) is 5.32 Å². The Morgan fingerprint density at radius 2 is 2.06 bits per heavy atom. The molecule has 3 heterocycles. The lowest BCUT2D eigenvalue weighted by molar-refractivity contribution is -0.154. The smallest absolute Gasteiger partial charge is 0.312 e. The van der Waals surface area contributed by atoms with Gasteiger partial charge < -0.3 is 24.8 Å². The topological polar surface area (TPSA) is 105 Å². The summed E-state index contributed by atoms with van der Waals surface area (Å²) in [6, 6.07) is 5.04. The first-order chi connectivity index (χ1) is 15.8. The summed E-state index contributed by atoms with van der Waals surface area (Å²) in [7, 11) is 0. The highest BCUT2D eigenvalue weighted by molar-refractivity contribution is 6.03. The Balaban J connectivity index is 1.66. The monoisotopic (exact) mass is 458 g/mol. The number of rotatable bonds is 9. The van der Waals surface area contributed by atoms with Gasteiger partial charge in [-0.15, -0.1) is 0 Å². The van der Waals surface area contributed by atoms with Gasteiger partial charge in [-0.1, -0.05) is 12.1 Å². The zero-order valence-corrected chi connectivity index (χ0v) is 19.6. The standard InChI is InChI=1S/C25H34N2O6/c1-4-32-24(31)19-18-10-11-25(33-18)20(19)23(30)27(12-6-5-7-13-28)21(25)22(29)26-17-14-15(2)8-9-16(17)3/h8-9,14,18-21,28H,4-7,10-13H2,1-3H3,(H,26,29)/t18-,19+,20+,21?,25?/m1/s1. The molecule has 180 valence electrons. The Labute approximate surface area is 194 Å². The average molecular weight is 459 g/mol. The van der Waals surface area contributed by atoms with E-state index in [4.69, 9.17) is 14.6 Å². The number of unbranched alkanes of at least 4 members (excludes halogenated alkanes) is 2. The van der Waals surface area contributed by atoms with Crippen LogP contribution in [0.15, 0.2) is 18.2 Å². The van der Waals surface area contributed by atoms with Crippen LogP contribution >= 0.6 is 0 Å². The molecule has 33 heavy (non-hydrogen) atoms. The number of carbonyl (C=O) groups excluding carboxylic acids is 3. The molecule has 3 saturated heterocycles. The fourth-order valence-electron chi connectivity index (χ4n) is 5.84. The molecule has 1 aromatic carbocycles. The molecule has 0 aliphatic carbocycles. The summed E-state index contributed by atoms with van der Waals surface area (Å²) in [6.45, 7) is 6.33. The number of anilines is 1. The molecule has 2 unspecified atom stereocenters. The van der Waals surface area contributed by atoms with Crippen molar-refractivity contribution < 1.29 is 29.0 Å². The third-order valence-corrected chi connectivity index (χ3v) is 7.32. The van der Waals surface area contributed by atoms with E-state index in [0.29, 0.717) is 37.9 Å². The molecule has 8 heteroatoms. The van der Waals surface area contributed by atoms with Crippen molar-refractivity contribution in [3.63, 3.8) is 0 Å². The minimum atomic E-state index is -1.02. The van der Waals surface area contributed by atoms with Crippen LogP contribution in [0.5, 0.6) is 0 Å². The van der Waals surface area contributed by atoms with Gasteiger partial charge in [-0.05, 0) is 70.1 Å². The number of carbonyl (C=O) groups is 3. The van der Waals surface area contributed by atoms with Crippen molar-refractivity contribution in [1.29, 1.82) is 0 Å². The number of hydrogen-bond acceptors (Lipinski definition) is 6. The first-order valence-electron chi connectivity index (χ1n) is 12.0. The number of ether oxygens (including phenoxy) is 2. The predicted molar refractivity (Wildman–Crippen MR) is 121 cm³/mol. The molecule has 2 N–H and O–H groups in total. The van der Waals surface area contributed by atoms with Crippen LogP contribution in [-0.2, 0) is 23.9 Å². The van der Waals surface area contributed by atoms with Crippen molar-refractivity contribution in [2.75, 3.05) is 25.1 Å². The maximum Gasteiger partial charge on any atom is 0.312 e. The van der Waals surface area contributed by atoms with Gasteiger partial charge in [-0.2, -0.15) is 0 Å². The summed E-state index contributed by atoms with van der Waals surface area (Å²) in [5.74, 6) is -2.29. The highest BCUT2D eigenvalue weighted by Gasteiger charge is 2.74. The summed E-state index contributed by atoms with van der Waals surface area (Å²) in [5, 5.41) is 12.1. The Hall–Kier alpha value is -2.45. The Bertz CT molecular complexity index is 933. The van der Waals surface area contributed by atoms with E-state index < -0.39 is 35.6 Å². The Morgan fingerprint density at radius 1 is 1.27 bits per heavy atom. The second kappa shape index (κ2) is 9.43. The molecule has 2 bridgehead atoms. The van der Waals surface area contributed by atoms with Crippen molar-refractivity contribution in [1.82, 2.24) is 4.90 Å². The number of nitrogens with zero attached hydrogens (tertiary/aromatic N) is 1. The van der Waals surface area contributed by atoms with E-state index in [1.165, 1.54) is 0 Å². The van der Waals surface area contributed by atoms with Crippen LogP contribution in [-0.4, -0.2) is 65.3 Å². The van der Waals surface area contributed by atoms with Gasteiger partial charge in [0, 0.05) is 18.8 Å². The number of likely N-dealkylation sites (tertiary alicyclic amines) is 1. The second-order valence-corrected chi connectivity index (χ2v) is 9.43.